The monoisotopic (exact) mass is 195 g/mol. The van der Waals surface area contributed by atoms with E-state index in [0.29, 0.717) is 11.9 Å². The lowest BCUT2D eigenvalue weighted by Gasteiger charge is -2.30. The maximum Gasteiger partial charge on any atom is 0.225 e. The van der Waals surface area contributed by atoms with E-state index in [0.717, 1.165) is 18.9 Å². The first-order valence-corrected chi connectivity index (χ1v) is 6.04. The lowest BCUT2D eigenvalue weighted by molar-refractivity contribution is -0.136. The zero-order valence-corrected chi connectivity index (χ0v) is 9.33. The summed E-state index contributed by atoms with van der Waals surface area (Å²) in [5.41, 5.74) is 0. The van der Waals surface area contributed by atoms with Crippen LogP contribution in [0.2, 0.25) is 0 Å². The highest BCUT2D eigenvalue weighted by molar-refractivity contribution is 5.79. The van der Waals surface area contributed by atoms with Gasteiger partial charge in [0.25, 0.3) is 0 Å². The summed E-state index contributed by atoms with van der Waals surface area (Å²) in [5, 5.41) is 0. The summed E-state index contributed by atoms with van der Waals surface area (Å²) in [6.45, 7) is 5.11. The Kier molecular flexibility index (Phi) is 2.80. The molecular formula is C12H21NO. The smallest absolute Gasteiger partial charge is 0.225 e. The molecule has 1 amide bonds. The largest absolute Gasteiger partial charge is 0.339 e. The number of nitrogens with zero attached hydrogens (tertiary/aromatic N) is 1. The van der Waals surface area contributed by atoms with Crippen molar-refractivity contribution in [3.8, 4) is 0 Å². The summed E-state index contributed by atoms with van der Waals surface area (Å²) >= 11 is 0. The van der Waals surface area contributed by atoms with Crippen LogP contribution in [0.25, 0.3) is 0 Å². The van der Waals surface area contributed by atoms with E-state index in [9.17, 15) is 4.79 Å². The van der Waals surface area contributed by atoms with Crippen LogP contribution < -0.4 is 0 Å². The molecule has 0 aromatic heterocycles. The average molecular weight is 195 g/mol. The lowest BCUT2D eigenvalue weighted by atomic mass is 9.96. The molecule has 0 aromatic carbocycles. The van der Waals surface area contributed by atoms with Gasteiger partial charge in [-0.1, -0.05) is 13.3 Å². The van der Waals surface area contributed by atoms with E-state index in [-0.39, 0.29) is 5.92 Å². The molecule has 1 saturated heterocycles. The molecule has 1 aliphatic carbocycles. The van der Waals surface area contributed by atoms with Gasteiger partial charge in [-0.2, -0.15) is 0 Å². The van der Waals surface area contributed by atoms with Crippen LogP contribution in [0.1, 0.15) is 46.0 Å². The fourth-order valence-corrected chi connectivity index (χ4v) is 3.19. The van der Waals surface area contributed by atoms with Gasteiger partial charge in [0.05, 0.1) is 0 Å². The van der Waals surface area contributed by atoms with Crippen LogP contribution in [-0.4, -0.2) is 23.4 Å². The molecule has 0 spiro atoms. The van der Waals surface area contributed by atoms with Crippen molar-refractivity contribution >= 4 is 5.91 Å². The van der Waals surface area contributed by atoms with Gasteiger partial charge in [0.15, 0.2) is 0 Å². The van der Waals surface area contributed by atoms with Crippen molar-refractivity contribution in [2.45, 2.75) is 52.0 Å². The van der Waals surface area contributed by atoms with Crippen molar-refractivity contribution < 1.29 is 4.79 Å². The lowest BCUT2D eigenvalue weighted by Crippen LogP contribution is -2.42. The fourth-order valence-electron chi connectivity index (χ4n) is 3.19. The molecule has 0 aromatic rings. The Balaban J connectivity index is 2.18. The highest BCUT2D eigenvalue weighted by Crippen LogP contribution is 2.37. The summed E-state index contributed by atoms with van der Waals surface area (Å²) in [5.74, 6) is 1.48. The summed E-state index contributed by atoms with van der Waals surface area (Å²) < 4.78 is 0. The molecule has 2 aliphatic rings. The molecule has 2 fully saturated rings. The number of amides is 1. The third-order valence-electron chi connectivity index (χ3n) is 4.04. The number of likely N-dealkylation sites (tertiary alicyclic amines) is 1. The molecular weight excluding hydrogens is 174 g/mol. The summed E-state index contributed by atoms with van der Waals surface area (Å²) in [6.07, 6.45) is 6.30. The Morgan fingerprint density at radius 1 is 1.29 bits per heavy atom. The minimum atomic E-state index is 0.264. The van der Waals surface area contributed by atoms with Gasteiger partial charge < -0.3 is 4.90 Å². The first kappa shape index (κ1) is 10.0. The van der Waals surface area contributed by atoms with Gasteiger partial charge in [0, 0.05) is 18.5 Å². The maximum atomic E-state index is 12.0. The molecule has 80 valence electrons. The predicted octanol–water partition coefficient (Wildman–Crippen LogP) is 2.43. The van der Waals surface area contributed by atoms with Crippen LogP contribution in [-0.2, 0) is 4.79 Å². The fraction of sp³-hybridized carbons (Fsp3) is 0.917. The quantitative estimate of drug-likeness (QED) is 0.629. The first-order valence-electron chi connectivity index (χ1n) is 6.04. The first-order chi connectivity index (χ1) is 6.74. The minimum absolute atomic E-state index is 0.264. The predicted molar refractivity (Wildman–Crippen MR) is 56.9 cm³/mol. The number of carbonyl (C=O) groups excluding carboxylic acids is 1. The molecule has 0 bridgehead atoms. The Labute approximate surface area is 86.7 Å². The average Bonchev–Trinajstić information content (AvgIpc) is 2.59. The Morgan fingerprint density at radius 3 is 2.79 bits per heavy atom. The number of rotatable bonds is 1. The number of carbonyl (C=O) groups is 1. The third-order valence-corrected chi connectivity index (χ3v) is 4.04. The standard InChI is InChI=1S/C12H21NO/c1-3-13-11-6-4-5-10(11)8-7-9(2)12(13)14/h9-11H,3-8H2,1-2H3. The van der Waals surface area contributed by atoms with Crippen LogP contribution in [0.4, 0.5) is 0 Å². The van der Waals surface area contributed by atoms with Gasteiger partial charge in [0.2, 0.25) is 5.91 Å². The Morgan fingerprint density at radius 2 is 2.07 bits per heavy atom. The zero-order valence-electron chi connectivity index (χ0n) is 9.33. The van der Waals surface area contributed by atoms with Gasteiger partial charge in [-0.25, -0.2) is 0 Å². The van der Waals surface area contributed by atoms with Crippen LogP contribution >= 0.6 is 0 Å². The Bertz CT molecular complexity index is 226. The second-order valence-corrected chi connectivity index (χ2v) is 4.86. The highest BCUT2D eigenvalue weighted by atomic mass is 16.2. The van der Waals surface area contributed by atoms with Gasteiger partial charge in [0.1, 0.15) is 0 Å². The molecule has 1 aliphatic heterocycles. The van der Waals surface area contributed by atoms with Crippen molar-refractivity contribution in [1.82, 2.24) is 4.90 Å². The third kappa shape index (κ3) is 1.55. The van der Waals surface area contributed by atoms with E-state index in [1.54, 1.807) is 0 Å². The van der Waals surface area contributed by atoms with Gasteiger partial charge in [-0.3, -0.25) is 4.79 Å². The van der Waals surface area contributed by atoms with E-state index < -0.39 is 0 Å². The topological polar surface area (TPSA) is 20.3 Å². The van der Waals surface area contributed by atoms with Crippen LogP contribution in [0.5, 0.6) is 0 Å². The van der Waals surface area contributed by atoms with Gasteiger partial charge in [-0.15, -0.1) is 0 Å². The SMILES string of the molecule is CCN1C(=O)C(C)CCC2CCCC21. The van der Waals surface area contributed by atoms with E-state index in [4.69, 9.17) is 0 Å². The molecule has 1 saturated carbocycles. The van der Waals surface area contributed by atoms with E-state index in [2.05, 4.69) is 18.7 Å². The van der Waals surface area contributed by atoms with Crippen LogP contribution in [0, 0.1) is 11.8 Å². The molecule has 1 heterocycles. The van der Waals surface area contributed by atoms with Gasteiger partial charge >= 0.3 is 0 Å². The molecule has 0 N–H and O–H groups in total. The van der Waals surface area contributed by atoms with Crippen molar-refractivity contribution in [3.63, 3.8) is 0 Å². The molecule has 2 rings (SSSR count). The minimum Gasteiger partial charge on any atom is -0.339 e. The van der Waals surface area contributed by atoms with E-state index >= 15 is 0 Å². The Hall–Kier alpha value is -0.530. The maximum absolute atomic E-state index is 12.0. The zero-order chi connectivity index (χ0) is 10.1. The number of hydrogen-bond donors (Lipinski definition) is 0. The van der Waals surface area contributed by atoms with E-state index in [1.165, 1.54) is 25.7 Å². The van der Waals surface area contributed by atoms with Crippen LogP contribution in [0.3, 0.4) is 0 Å². The molecule has 3 atom stereocenters. The number of fused-ring (bicyclic) bond motifs is 1. The summed E-state index contributed by atoms with van der Waals surface area (Å²) in [4.78, 5) is 14.2. The normalized spacial score (nSPS) is 38.3. The molecule has 3 unspecified atom stereocenters. The highest BCUT2D eigenvalue weighted by Gasteiger charge is 2.38. The molecule has 2 nitrogen and oxygen atoms in total. The summed E-state index contributed by atoms with van der Waals surface area (Å²) in [7, 11) is 0. The molecule has 14 heavy (non-hydrogen) atoms. The van der Waals surface area contributed by atoms with Crippen LogP contribution in [0.15, 0.2) is 0 Å². The van der Waals surface area contributed by atoms with Gasteiger partial charge in [-0.05, 0) is 38.5 Å². The number of hydrogen-bond acceptors (Lipinski definition) is 1. The molecule has 2 heteroatoms. The molecule has 0 radical (unpaired) electrons. The van der Waals surface area contributed by atoms with Crippen molar-refractivity contribution in [1.29, 1.82) is 0 Å². The van der Waals surface area contributed by atoms with Crippen molar-refractivity contribution in [2.75, 3.05) is 6.54 Å². The summed E-state index contributed by atoms with van der Waals surface area (Å²) in [6, 6.07) is 0.581. The second-order valence-electron chi connectivity index (χ2n) is 4.86. The second kappa shape index (κ2) is 3.92. The van der Waals surface area contributed by atoms with Crippen molar-refractivity contribution in [3.05, 3.63) is 0 Å². The van der Waals surface area contributed by atoms with E-state index in [1.807, 2.05) is 0 Å². The van der Waals surface area contributed by atoms with Crippen molar-refractivity contribution in [2.24, 2.45) is 11.8 Å².